The zero-order chi connectivity index (χ0) is 21.8. The Morgan fingerprint density at radius 3 is 2.71 bits per heavy atom. The van der Waals surface area contributed by atoms with E-state index in [0.29, 0.717) is 11.7 Å². The standard InChI is InChI=1S/C18H23FN6O4S2/c19-15-5-1-2-6-16(15)31(27,28)24-9-7-23(8-10-24)17(26)13-30-18-20-21-22-25(18)12-14-4-3-11-29-14/h1-2,5-6,14H,3-4,7-13H2/t14-/m1/s1. The van der Waals surface area contributed by atoms with Crippen LogP contribution in [0.25, 0.3) is 0 Å². The first-order chi connectivity index (χ1) is 14.9. The Morgan fingerprint density at radius 1 is 1.23 bits per heavy atom. The molecule has 2 saturated heterocycles. The minimum absolute atomic E-state index is 0.0861. The van der Waals surface area contributed by atoms with Crippen LogP contribution in [0.3, 0.4) is 0 Å². The van der Waals surface area contributed by atoms with Crippen LogP contribution >= 0.6 is 11.8 Å². The van der Waals surface area contributed by atoms with E-state index >= 15 is 0 Å². The molecule has 0 bridgehead atoms. The molecule has 13 heteroatoms. The average Bonchev–Trinajstić information content (AvgIpc) is 3.45. The van der Waals surface area contributed by atoms with Crippen molar-refractivity contribution in [2.75, 3.05) is 38.5 Å². The third-order valence-electron chi connectivity index (χ3n) is 5.27. The van der Waals surface area contributed by atoms with Gasteiger partial charge in [-0.15, -0.1) is 5.10 Å². The number of piperazine rings is 1. The third-order valence-corrected chi connectivity index (χ3v) is 8.14. The summed E-state index contributed by atoms with van der Waals surface area (Å²) in [7, 11) is -3.93. The van der Waals surface area contributed by atoms with Crippen molar-refractivity contribution in [2.45, 2.75) is 35.5 Å². The first kappa shape index (κ1) is 22.1. The summed E-state index contributed by atoms with van der Waals surface area (Å²) in [5.74, 6) is -0.760. The minimum Gasteiger partial charge on any atom is -0.376 e. The summed E-state index contributed by atoms with van der Waals surface area (Å²) in [5.41, 5.74) is 0. The summed E-state index contributed by atoms with van der Waals surface area (Å²) >= 11 is 1.24. The van der Waals surface area contributed by atoms with Gasteiger partial charge in [0.05, 0.1) is 18.4 Å². The van der Waals surface area contributed by atoms with Crippen LogP contribution in [0.5, 0.6) is 0 Å². The topological polar surface area (TPSA) is 111 Å². The lowest BCUT2D eigenvalue weighted by Crippen LogP contribution is -2.51. The number of carbonyl (C=O) groups is 1. The molecule has 0 spiro atoms. The van der Waals surface area contributed by atoms with Crippen LogP contribution in [0.4, 0.5) is 4.39 Å². The van der Waals surface area contributed by atoms with Crippen molar-refractivity contribution in [2.24, 2.45) is 0 Å². The van der Waals surface area contributed by atoms with Gasteiger partial charge in [-0.1, -0.05) is 23.9 Å². The highest BCUT2D eigenvalue weighted by Crippen LogP contribution is 2.22. The van der Waals surface area contributed by atoms with Gasteiger partial charge in [-0.3, -0.25) is 4.79 Å². The molecule has 31 heavy (non-hydrogen) atoms. The molecule has 3 heterocycles. The molecule has 1 aromatic heterocycles. The van der Waals surface area contributed by atoms with E-state index in [9.17, 15) is 17.6 Å². The number of amides is 1. The lowest BCUT2D eigenvalue weighted by molar-refractivity contribution is -0.129. The highest BCUT2D eigenvalue weighted by Gasteiger charge is 2.32. The first-order valence-corrected chi connectivity index (χ1v) is 12.4. The second-order valence-corrected chi connectivity index (χ2v) is 10.1. The van der Waals surface area contributed by atoms with Gasteiger partial charge >= 0.3 is 0 Å². The molecule has 2 aliphatic rings. The van der Waals surface area contributed by atoms with Crippen molar-refractivity contribution in [3.63, 3.8) is 0 Å². The molecule has 0 radical (unpaired) electrons. The summed E-state index contributed by atoms with van der Waals surface area (Å²) in [5, 5.41) is 12.2. The molecule has 0 aliphatic carbocycles. The van der Waals surface area contributed by atoms with Crippen LogP contribution in [0.1, 0.15) is 12.8 Å². The van der Waals surface area contributed by atoms with Gasteiger partial charge in [0, 0.05) is 32.8 Å². The molecule has 2 fully saturated rings. The van der Waals surface area contributed by atoms with Gasteiger partial charge in [0.25, 0.3) is 0 Å². The van der Waals surface area contributed by atoms with Gasteiger partial charge in [0.1, 0.15) is 10.7 Å². The molecule has 10 nitrogen and oxygen atoms in total. The Labute approximate surface area is 183 Å². The van der Waals surface area contributed by atoms with Crippen LogP contribution in [0.15, 0.2) is 34.3 Å². The number of nitrogens with zero attached hydrogens (tertiary/aromatic N) is 6. The van der Waals surface area contributed by atoms with Gasteiger partial charge < -0.3 is 9.64 Å². The molecule has 0 unspecified atom stereocenters. The number of hydrogen-bond acceptors (Lipinski definition) is 8. The number of halogens is 1. The second-order valence-electron chi connectivity index (χ2n) is 7.28. The van der Waals surface area contributed by atoms with Crippen molar-refractivity contribution in [1.29, 1.82) is 0 Å². The molecule has 4 rings (SSSR count). The first-order valence-electron chi connectivity index (χ1n) is 9.98. The van der Waals surface area contributed by atoms with Crippen LogP contribution in [-0.4, -0.2) is 88.4 Å². The van der Waals surface area contributed by atoms with Crippen molar-refractivity contribution >= 4 is 27.7 Å². The predicted octanol–water partition coefficient (Wildman–Crippen LogP) is 0.616. The Balaban J connectivity index is 1.29. The second kappa shape index (κ2) is 9.59. The van der Waals surface area contributed by atoms with Crippen molar-refractivity contribution in [1.82, 2.24) is 29.4 Å². The molecule has 0 saturated carbocycles. The van der Waals surface area contributed by atoms with Gasteiger partial charge in [0.15, 0.2) is 0 Å². The number of thioether (sulfide) groups is 1. The van der Waals surface area contributed by atoms with E-state index in [4.69, 9.17) is 4.74 Å². The van der Waals surface area contributed by atoms with E-state index in [1.54, 1.807) is 9.58 Å². The molecule has 0 N–H and O–H groups in total. The summed E-state index contributed by atoms with van der Waals surface area (Å²) < 4.78 is 47.8. The SMILES string of the molecule is O=C(CSc1nnnn1C[C@H]1CCCO1)N1CCN(S(=O)(=O)c2ccccc2F)CC1. The number of benzene rings is 1. The Kier molecular flexibility index (Phi) is 6.84. The molecule has 168 valence electrons. The van der Waals surface area contributed by atoms with Gasteiger partial charge in [-0.2, -0.15) is 4.31 Å². The predicted molar refractivity (Wildman–Crippen MR) is 109 cm³/mol. The van der Waals surface area contributed by atoms with Gasteiger partial charge in [-0.25, -0.2) is 17.5 Å². The maximum Gasteiger partial charge on any atom is 0.246 e. The normalized spacial score (nSPS) is 20.3. The fraction of sp³-hybridized carbons (Fsp3) is 0.556. The molecular weight excluding hydrogens is 447 g/mol. The molecule has 1 aromatic carbocycles. The number of hydrogen-bond donors (Lipinski definition) is 0. The van der Waals surface area contributed by atoms with Crippen LogP contribution in [-0.2, 0) is 26.1 Å². The molecular formula is C18H23FN6O4S2. The van der Waals surface area contributed by atoms with E-state index in [1.165, 1.54) is 34.3 Å². The summed E-state index contributed by atoms with van der Waals surface area (Å²) in [6, 6.07) is 5.30. The molecule has 2 aromatic rings. The van der Waals surface area contributed by atoms with E-state index < -0.39 is 15.8 Å². The number of rotatable bonds is 7. The van der Waals surface area contributed by atoms with Crippen molar-refractivity contribution in [3.05, 3.63) is 30.1 Å². The summed E-state index contributed by atoms with van der Waals surface area (Å²) in [6.45, 7) is 2.01. The monoisotopic (exact) mass is 470 g/mol. The summed E-state index contributed by atoms with van der Waals surface area (Å²) in [6.07, 6.45) is 2.07. The van der Waals surface area contributed by atoms with E-state index in [2.05, 4.69) is 15.5 Å². The Morgan fingerprint density at radius 2 is 2.00 bits per heavy atom. The summed E-state index contributed by atoms with van der Waals surface area (Å²) in [4.78, 5) is 13.9. The molecule has 1 atom stereocenters. The third kappa shape index (κ3) is 5.05. The molecule has 1 amide bonds. The van der Waals surface area contributed by atoms with Crippen LogP contribution < -0.4 is 0 Å². The van der Waals surface area contributed by atoms with Gasteiger partial charge in [0.2, 0.25) is 21.1 Å². The van der Waals surface area contributed by atoms with Gasteiger partial charge in [-0.05, 0) is 35.4 Å². The largest absolute Gasteiger partial charge is 0.376 e. The Bertz CT molecular complexity index is 1020. The van der Waals surface area contributed by atoms with E-state index in [-0.39, 0.29) is 48.8 Å². The quantitative estimate of drug-likeness (QED) is 0.542. The van der Waals surface area contributed by atoms with Crippen LogP contribution in [0, 0.1) is 5.82 Å². The van der Waals surface area contributed by atoms with E-state index in [1.807, 2.05) is 0 Å². The number of aromatic nitrogens is 4. The smallest absolute Gasteiger partial charge is 0.246 e. The fourth-order valence-corrected chi connectivity index (χ4v) is 5.86. The minimum atomic E-state index is -3.93. The van der Waals surface area contributed by atoms with Crippen LogP contribution in [0.2, 0.25) is 0 Å². The lowest BCUT2D eigenvalue weighted by Gasteiger charge is -2.34. The average molecular weight is 471 g/mol. The highest BCUT2D eigenvalue weighted by atomic mass is 32.2. The Hall–Kier alpha value is -2.09. The lowest BCUT2D eigenvalue weighted by atomic mass is 10.2. The number of sulfonamides is 1. The molecule has 2 aliphatic heterocycles. The fourth-order valence-electron chi connectivity index (χ4n) is 3.58. The zero-order valence-electron chi connectivity index (χ0n) is 16.8. The number of ether oxygens (including phenoxy) is 1. The maximum absolute atomic E-state index is 13.9. The number of tetrazole rings is 1. The van der Waals surface area contributed by atoms with E-state index in [0.717, 1.165) is 25.5 Å². The van der Waals surface area contributed by atoms with Crippen molar-refractivity contribution < 1.29 is 22.3 Å². The maximum atomic E-state index is 13.9. The zero-order valence-corrected chi connectivity index (χ0v) is 18.4. The highest BCUT2D eigenvalue weighted by molar-refractivity contribution is 7.99. The van der Waals surface area contributed by atoms with Crippen molar-refractivity contribution in [3.8, 4) is 0 Å². The number of carbonyl (C=O) groups excluding carboxylic acids is 1.